The van der Waals surface area contributed by atoms with Gasteiger partial charge in [-0.3, -0.25) is 9.59 Å². The number of hydrogen-bond acceptors (Lipinski definition) is 6. The van der Waals surface area contributed by atoms with E-state index in [1.54, 1.807) is 4.90 Å². The first-order chi connectivity index (χ1) is 17.5. The minimum absolute atomic E-state index is 0.0250. The molecule has 2 aliphatic heterocycles. The van der Waals surface area contributed by atoms with Gasteiger partial charge in [-0.05, 0) is 69.3 Å². The maximum Gasteiger partial charge on any atom is 0.326 e. The Morgan fingerprint density at radius 2 is 1.73 bits per heavy atom. The molecule has 3 rings (SSSR count). The van der Waals surface area contributed by atoms with Gasteiger partial charge in [-0.2, -0.15) is 4.31 Å². The van der Waals surface area contributed by atoms with Crippen LogP contribution in [-0.4, -0.2) is 85.3 Å². The van der Waals surface area contributed by atoms with Crippen molar-refractivity contribution in [2.24, 2.45) is 5.92 Å². The lowest BCUT2D eigenvalue weighted by atomic mass is 9.96. The van der Waals surface area contributed by atoms with Crippen molar-refractivity contribution >= 4 is 51.0 Å². The summed E-state index contributed by atoms with van der Waals surface area (Å²) in [6.07, 6.45) is 2.35. The number of carbonyl (C=O) groups is 3. The Morgan fingerprint density at radius 3 is 2.32 bits per heavy atom. The van der Waals surface area contributed by atoms with Gasteiger partial charge in [0.15, 0.2) is 0 Å². The summed E-state index contributed by atoms with van der Waals surface area (Å²) in [5, 5.41) is 15.7. The number of piperidine rings is 1. The molecule has 0 unspecified atom stereocenters. The number of carboxylic acid groups (broad SMARTS) is 1. The molecule has 0 aromatic heterocycles. The maximum absolute atomic E-state index is 13.2. The topological polar surface area (TPSA) is 136 Å². The van der Waals surface area contributed by atoms with E-state index in [-0.39, 0.29) is 46.7 Å². The number of aliphatic carboxylic acids is 1. The Hall–Kier alpha value is -1.92. The van der Waals surface area contributed by atoms with Crippen molar-refractivity contribution in [3.8, 4) is 0 Å². The van der Waals surface area contributed by atoms with Crippen LogP contribution in [0.15, 0.2) is 23.1 Å². The monoisotopic (exact) mass is 576 g/mol. The van der Waals surface area contributed by atoms with Gasteiger partial charge in [0.2, 0.25) is 21.8 Å². The van der Waals surface area contributed by atoms with Crippen molar-refractivity contribution in [3.63, 3.8) is 0 Å². The Morgan fingerprint density at radius 1 is 1.08 bits per heavy atom. The molecule has 1 aromatic carbocycles. The molecule has 3 N–H and O–H groups in total. The number of sulfonamides is 1. The second kappa shape index (κ2) is 13.2. The summed E-state index contributed by atoms with van der Waals surface area (Å²) in [6, 6.07) is 1.53. The van der Waals surface area contributed by atoms with Gasteiger partial charge >= 0.3 is 5.97 Å². The molecule has 0 saturated carbocycles. The summed E-state index contributed by atoms with van der Waals surface area (Å²) in [7, 11) is -4.09. The second-order valence-corrected chi connectivity index (χ2v) is 12.2. The third-order valence-corrected chi connectivity index (χ3v) is 9.18. The summed E-state index contributed by atoms with van der Waals surface area (Å²) < 4.78 is 27.5. The van der Waals surface area contributed by atoms with Crippen LogP contribution in [0.3, 0.4) is 0 Å². The first-order valence-corrected chi connectivity index (χ1v) is 14.7. The van der Waals surface area contributed by atoms with E-state index in [0.717, 1.165) is 30.2 Å². The fourth-order valence-corrected chi connectivity index (χ4v) is 7.17. The zero-order valence-electron chi connectivity index (χ0n) is 20.8. The minimum Gasteiger partial charge on any atom is -0.480 e. The van der Waals surface area contributed by atoms with Crippen LogP contribution >= 0.6 is 23.2 Å². The van der Waals surface area contributed by atoms with Crippen LogP contribution < -0.4 is 10.6 Å². The summed E-state index contributed by atoms with van der Waals surface area (Å²) in [4.78, 5) is 39.1. The number of amides is 2. The van der Waals surface area contributed by atoms with Crippen LogP contribution in [0.2, 0.25) is 10.0 Å². The normalized spacial score (nSPS) is 20.1. The molecule has 37 heavy (non-hydrogen) atoms. The minimum atomic E-state index is -4.09. The number of hydrogen-bond donors (Lipinski definition) is 3. The average molecular weight is 578 g/mol. The quantitative estimate of drug-likeness (QED) is 0.367. The molecule has 13 heteroatoms. The van der Waals surface area contributed by atoms with Crippen LogP contribution in [0.1, 0.15) is 45.4 Å². The van der Waals surface area contributed by atoms with Crippen LogP contribution in [0.5, 0.6) is 0 Å². The zero-order valence-corrected chi connectivity index (χ0v) is 23.1. The van der Waals surface area contributed by atoms with E-state index in [2.05, 4.69) is 17.6 Å². The van der Waals surface area contributed by atoms with E-state index in [1.165, 1.54) is 18.2 Å². The molecule has 2 fully saturated rings. The Balaban J connectivity index is 1.59. The molecule has 0 spiro atoms. The van der Waals surface area contributed by atoms with Crippen molar-refractivity contribution in [1.82, 2.24) is 19.8 Å². The third-order valence-electron chi connectivity index (χ3n) is 6.86. The van der Waals surface area contributed by atoms with E-state index in [9.17, 15) is 27.9 Å². The smallest absolute Gasteiger partial charge is 0.326 e. The average Bonchev–Trinajstić information content (AvgIpc) is 3.36. The van der Waals surface area contributed by atoms with Gasteiger partial charge in [0.25, 0.3) is 0 Å². The van der Waals surface area contributed by atoms with Crippen LogP contribution in [0, 0.1) is 5.92 Å². The fourth-order valence-electron chi connectivity index (χ4n) is 4.79. The van der Waals surface area contributed by atoms with E-state index in [4.69, 9.17) is 23.2 Å². The van der Waals surface area contributed by atoms with Gasteiger partial charge in [-0.25, -0.2) is 13.2 Å². The molecule has 0 bridgehead atoms. The molecule has 1 aromatic rings. The van der Waals surface area contributed by atoms with Gasteiger partial charge < -0.3 is 20.6 Å². The van der Waals surface area contributed by atoms with E-state index < -0.39 is 34.0 Å². The summed E-state index contributed by atoms with van der Waals surface area (Å²) in [5.41, 5.74) is 0. The lowest BCUT2D eigenvalue weighted by Crippen LogP contribution is -2.51. The zero-order chi connectivity index (χ0) is 27.2. The first kappa shape index (κ1) is 29.6. The number of carboxylic acids is 1. The Bertz CT molecular complexity index is 1070. The fraction of sp³-hybridized carbons (Fsp3) is 0.625. The van der Waals surface area contributed by atoms with Gasteiger partial charge in [0.1, 0.15) is 12.1 Å². The lowest BCUT2D eigenvalue weighted by Gasteiger charge is -2.32. The number of benzene rings is 1. The molecule has 0 radical (unpaired) electrons. The third kappa shape index (κ3) is 7.79. The van der Waals surface area contributed by atoms with Crippen molar-refractivity contribution in [2.75, 3.05) is 32.7 Å². The Labute approximate surface area is 227 Å². The second-order valence-electron chi connectivity index (χ2n) is 9.45. The molecular formula is C24H34Cl2N4O6S. The first-order valence-electron chi connectivity index (χ1n) is 12.5. The highest BCUT2D eigenvalue weighted by molar-refractivity contribution is 7.89. The molecule has 2 saturated heterocycles. The van der Waals surface area contributed by atoms with Crippen molar-refractivity contribution in [3.05, 3.63) is 28.2 Å². The predicted molar refractivity (Wildman–Crippen MR) is 140 cm³/mol. The van der Waals surface area contributed by atoms with E-state index >= 15 is 0 Å². The molecule has 2 aliphatic rings. The highest BCUT2D eigenvalue weighted by Gasteiger charge is 2.40. The molecule has 2 atom stereocenters. The largest absolute Gasteiger partial charge is 0.480 e. The van der Waals surface area contributed by atoms with Gasteiger partial charge in [-0.1, -0.05) is 30.1 Å². The molecule has 2 amide bonds. The van der Waals surface area contributed by atoms with Crippen LogP contribution in [0.25, 0.3) is 0 Å². The summed E-state index contributed by atoms with van der Waals surface area (Å²) in [5.74, 6) is -1.62. The number of halogens is 2. The Kier molecular flexibility index (Phi) is 10.6. The maximum atomic E-state index is 13.2. The lowest BCUT2D eigenvalue weighted by molar-refractivity contribution is -0.143. The highest BCUT2D eigenvalue weighted by Crippen LogP contribution is 2.30. The van der Waals surface area contributed by atoms with Crippen molar-refractivity contribution in [2.45, 2.75) is 62.4 Å². The van der Waals surface area contributed by atoms with Crippen LogP contribution in [-0.2, 0) is 24.4 Å². The predicted octanol–water partition coefficient (Wildman–Crippen LogP) is 2.34. The SMILES string of the molecule is CCNCC1CCN(C(=O)CC[C@H](NC(=O)[C@@H]2CCCN2S(=O)(=O)c2cc(Cl)cc(Cl)c2)C(=O)O)CC1. The van der Waals surface area contributed by atoms with Crippen molar-refractivity contribution in [1.29, 1.82) is 0 Å². The molecule has 0 aliphatic carbocycles. The summed E-state index contributed by atoms with van der Waals surface area (Å²) >= 11 is 11.9. The summed E-state index contributed by atoms with van der Waals surface area (Å²) in [6.45, 7) is 5.23. The van der Waals surface area contributed by atoms with Gasteiger partial charge in [0.05, 0.1) is 4.90 Å². The number of likely N-dealkylation sites (tertiary alicyclic amines) is 1. The van der Waals surface area contributed by atoms with Gasteiger partial charge in [0, 0.05) is 36.1 Å². The van der Waals surface area contributed by atoms with Gasteiger partial charge in [-0.15, -0.1) is 0 Å². The number of nitrogens with one attached hydrogen (secondary N) is 2. The molecule has 206 valence electrons. The molecule has 10 nitrogen and oxygen atoms in total. The van der Waals surface area contributed by atoms with E-state index in [0.29, 0.717) is 25.4 Å². The highest BCUT2D eigenvalue weighted by atomic mass is 35.5. The molecule has 2 heterocycles. The number of nitrogens with zero attached hydrogens (tertiary/aromatic N) is 2. The molecular weight excluding hydrogens is 543 g/mol. The number of carbonyl (C=O) groups excluding carboxylic acids is 2. The van der Waals surface area contributed by atoms with Crippen molar-refractivity contribution < 1.29 is 27.9 Å². The van der Waals surface area contributed by atoms with E-state index in [1.807, 2.05) is 0 Å². The number of rotatable bonds is 11. The standard InChI is InChI=1S/C24H34Cl2N4O6S/c1-2-27-15-16-7-10-29(11-8-16)22(31)6-5-20(24(33)34)28-23(32)21-4-3-9-30(21)37(35,36)19-13-17(25)12-18(26)14-19/h12-14,16,20-21,27H,2-11,15H2,1H3,(H,28,32)(H,33,34)/t20-,21-/m0/s1. The van der Waals surface area contributed by atoms with Crippen LogP contribution in [0.4, 0.5) is 0 Å².